The Hall–Kier alpha value is -3.13. The zero-order valence-electron chi connectivity index (χ0n) is 18.1. The van der Waals surface area contributed by atoms with Gasteiger partial charge in [-0.1, -0.05) is 31.9 Å². The minimum Gasteiger partial charge on any atom is -0.459 e. The fourth-order valence-corrected chi connectivity index (χ4v) is 4.04. The summed E-state index contributed by atoms with van der Waals surface area (Å²) in [7, 11) is 0. The first-order chi connectivity index (χ1) is 15.4. The summed E-state index contributed by atoms with van der Waals surface area (Å²) >= 11 is 6.49. The molecule has 1 atom stereocenters. The maximum Gasteiger partial charge on any atom is 0.287 e. The normalized spacial score (nSPS) is 14.5. The molecule has 0 spiro atoms. The molecular formula is C23H26ClN5O3. The Bertz CT molecular complexity index is 1110. The lowest BCUT2D eigenvalue weighted by atomic mass is 10.0. The quantitative estimate of drug-likeness (QED) is 0.576. The van der Waals surface area contributed by atoms with Crippen LogP contribution < -0.4 is 10.6 Å². The van der Waals surface area contributed by atoms with E-state index < -0.39 is 11.9 Å². The van der Waals surface area contributed by atoms with Crippen LogP contribution >= 0.6 is 11.6 Å². The fourth-order valence-electron chi connectivity index (χ4n) is 3.83. The molecule has 32 heavy (non-hydrogen) atoms. The Morgan fingerprint density at radius 2 is 2.00 bits per heavy atom. The summed E-state index contributed by atoms with van der Waals surface area (Å²) in [6, 6.07) is 7.70. The van der Waals surface area contributed by atoms with Gasteiger partial charge in [-0.15, -0.1) is 10.2 Å². The lowest BCUT2D eigenvalue weighted by Gasteiger charge is -2.21. The molecule has 4 rings (SSSR count). The van der Waals surface area contributed by atoms with Crippen LogP contribution in [0.15, 0.2) is 41.0 Å². The van der Waals surface area contributed by atoms with Gasteiger partial charge in [0.2, 0.25) is 5.91 Å². The van der Waals surface area contributed by atoms with Gasteiger partial charge in [0.15, 0.2) is 11.6 Å². The number of benzene rings is 1. The van der Waals surface area contributed by atoms with Crippen LogP contribution in [0.2, 0.25) is 5.02 Å². The zero-order valence-corrected chi connectivity index (χ0v) is 18.9. The highest BCUT2D eigenvalue weighted by Gasteiger charge is 2.26. The third-order valence-electron chi connectivity index (χ3n) is 5.56. The van der Waals surface area contributed by atoms with Gasteiger partial charge < -0.3 is 19.6 Å². The molecule has 9 heteroatoms. The van der Waals surface area contributed by atoms with E-state index in [-0.39, 0.29) is 17.6 Å². The molecule has 0 bridgehead atoms. The molecule has 8 nitrogen and oxygen atoms in total. The smallest absolute Gasteiger partial charge is 0.287 e. The zero-order chi connectivity index (χ0) is 22.7. The number of fused-ring (bicyclic) bond motifs is 1. The van der Waals surface area contributed by atoms with Crippen LogP contribution in [0.4, 0.5) is 5.69 Å². The number of halogens is 1. The molecule has 2 N–H and O–H groups in total. The Morgan fingerprint density at radius 1 is 1.16 bits per heavy atom. The van der Waals surface area contributed by atoms with Gasteiger partial charge in [0.25, 0.3) is 5.91 Å². The maximum absolute atomic E-state index is 13.0. The van der Waals surface area contributed by atoms with Crippen molar-refractivity contribution in [2.45, 2.75) is 52.1 Å². The van der Waals surface area contributed by atoms with Crippen LogP contribution in [0, 0.1) is 5.92 Å². The molecule has 168 valence electrons. The average Bonchev–Trinajstić information content (AvgIpc) is 3.38. The first-order valence-corrected chi connectivity index (χ1v) is 11.2. The SMILES string of the molecule is CC(C)C(NC(=O)c1ccco1)C(=O)Nc1ccc(Cl)c(-c2nnc3n2CCCCC3)c1. The lowest BCUT2D eigenvalue weighted by molar-refractivity contribution is -0.118. The number of aryl methyl sites for hydroxylation is 1. The molecule has 3 heterocycles. The summed E-state index contributed by atoms with van der Waals surface area (Å²) in [5.41, 5.74) is 1.28. The minimum atomic E-state index is -0.740. The molecule has 1 aromatic carbocycles. The predicted octanol–water partition coefficient (Wildman–Crippen LogP) is 4.31. The van der Waals surface area contributed by atoms with E-state index in [0.717, 1.165) is 38.1 Å². The van der Waals surface area contributed by atoms with Crippen LogP contribution in [0.3, 0.4) is 0 Å². The molecule has 3 aromatic rings. The van der Waals surface area contributed by atoms with E-state index in [1.807, 2.05) is 13.8 Å². The van der Waals surface area contributed by atoms with Crippen LogP contribution in [-0.4, -0.2) is 32.6 Å². The number of aromatic nitrogens is 3. The molecule has 2 aromatic heterocycles. The number of hydrogen-bond donors (Lipinski definition) is 2. The number of carbonyl (C=O) groups excluding carboxylic acids is 2. The molecule has 1 aliphatic heterocycles. The molecule has 1 unspecified atom stereocenters. The van der Waals surface area contributed by atoms with Crippen molar-refractivity contribution in [1.29, 1.82) is 0 Å². The lowest BCUT2D eigenvalue weighted by Crippen LogP contribution is -2.47. The maximum atomic E-state index is 13.0. The van der Waals surface area contributed by atoms with Gasteiger partial charge >= 0.3 is 0 Å². The number of amides is 2. The Kier molecular flexibility index (Phi) is 6.60. The number of carbonyl (C=O) groups is 2. The molecule has 0 aliphatic carbocycles. The standard InChI is InChI=1S/C23H26ClN5O3/c1-14(2)20(26-22(30)18-7-6-12-32-18)23(31)25-15-9-10-17(24)16(13-15)21-28-27-19-8-4-3-5-11-29(19)21/h6-7,9-10,12-14,20H,3-5,8,11H2,1-2H3,(H,25,31)(H,26,30). The van der Waals surface area contributed by atoms with Gasteiger partial charge in [-0.25, -0.2) is 0 Å². The van der Waals surface area contributed by atoms with Crippen molar-refractivity contribution >= 4 is 29.1 Å². The number of anilines is 1. The van der Waals surface area contributed by atoms with E-state index in [9.17, 15) is 9.59 Å². The average molecular weight is 456 g/mol. The van der Waals surface area contributed by atoms with Crippen LogP contribution in [0.1, 0.15) is 49.5 Å². The number of nitrogens with one attached hydrogen (secondary N) is 2. The summed E-state index contributed by atoms with van der Waals surface area (Å²) in [4.78, 5) is 25.4. The fraction of sp³-hybridized carbons (Fsp3) is 0.391. The molecule has 2 amide bonds. The summed E-state index contributed by atoms with van der Waals surface area (Å²) in [6.45, 7) is 4.58. The van der Waals surface area contributed by atoms with Gasteiger partial charge in [-0.05, 0) is 49.1 Å². The van der Waals surface area contributed by atoms with Crippen LogP contribution in [0.5, 0.6) is 0 Å². The van der Waals surface area contributed by atoms with Gasteiger partial charge in [0.1, 0.15) is 11.9 Å². The third kappa shape index (κ3) is 4.70. The highest BCUT2D eigenvalue weighted by Crippen LogP contribution is 2.31. The van der Waals surface area contributed by atoms with Crippen LogP contribution in [-0.2, 0) is 17.8 Å². The third-order valence-corrected chi connectivity index (χ3v) is 5.89. The van der Waals surface area contributed by atoms with Crippen molar-refractivity contribution in [3.63, 3.8) is 0 Å². The van der Waals surface area contributed by atoms with Gasteiger partial charge in [-0.3, -0.25) is 9.59 Å². The van der Waals surface area contributed by atoms with E-state index in [2.05, 4.69) is 25.4 Å². The summed E-state index contributed by atoms with van der Waals surface area (Å²) in [5.74, 6) is 0.927. The topological polar surface area (TPSA) is 102 Å². The van der Waals surface area contributed by atoms with Gasteiger partial charge in [0, 0.05) is 24.2 Å². The van der Waals surface area contributed by atoms with Crippen molar-refractivity contribution in [2.75, 3.05) is 5.32 Å². The van der Waals surface area contributed by atoms with E-state index in [0.29, 0.717) is 22.1 Å². The molecular weight excluding hydrogens is 430 g/mol. The summed E-state index contributed by atoms with van der Waals surface area (Å²) in [5, 5.41) is 14.9. The Balaban J connectivity index is 1.55. The molecule has 1 aliphatic rings. The number of rotatable bonds is 6. The first kappa shape index (κ1) is 22.1. The second-order valence-electron chi connectivity index (χ2n) is 8.26. The van der Waals surface area contributed by atoms with Crippen molar-refractivity contribution in [2.24, 2.45) is 5.92 Å². The van der Waals surface area contributed by atoms with Crippen LogP contribution in [0.25, 0.3) is 11.4 Å². The largest absolute Gasteiger partial charge is 0.459 e. The number of furan rings is 1. The van der Waals surface area contributed by atoms with Gasteiger partial charge in [0.05, 0.1) is 11.3 Å². The molecule has 0 fully saturated rings. The Morgan fingerprint density at radius 3 is 2.75 bits per heavy atom. The second-order valence-corrected chi connectivity index (χ2v) is 8.67. The Labute approximate surface area is 191 Å². The van der Waals surface area contributed by atoms with E-state index >= 15 is 0 Å². The highest BCUT2D eigenvalue weighted by atomic mass is 35.5. The highest BCUT2D eigenvalue weighted by molar-refractivity contribution is 6.33. The first-order valence-electron chi connectivity index (χ1n) is 10.8. The van der Waals surface area contributed by atoms with E-state index in [1.165, 1.54) is 6.26 Å². The van der Waals surface area contributed by atoms with Crippen molar-refractivity contribution in [1.82, 2.24) is 20.1 Å². The van der Waals surface area contributed by atoms with E-state index in [1.54, 1.807) is 30.3 Å². The van der Waals surface area contributed by atoms with Gasteiger partial charge in [-0.2, -0.15) is 0 Å². The molecule has 0 saturated carbocycles. The van der Waals surface area contributed by atoms with Crippen molar-refractivity contribution in [3.8, 4) is 11.4 Å². The summed E-state index contributed by atoms with van der Waals surface area (Å²) in [6.07, 6.45) is 5.64. The monoisotopic (exact) mass is 455 g/mol. The van der Waals surface area contributed by atoms with Crippen molar-refractivity contribution < 1.29 is 14.0 Å². The molecule has 0 radical (unpaired) electrons. The second kappa shape index (κ2) is 9.56. The minimum absolute atomic E-state index is 0.132. The van der Waals surface area contributed by atoms with E-state index in [4.69, 9.17) is 16.0 Å². The van der Waals surface area contributed by atoms with Crippen molar-refractivity contribution in [3.05, 3.63) is 53.2 Å². The predicted molar refractivity (Wildman–Crippen MR) is 121 cm³/mol. The summed E-state index contributed by atoms with van der Waals surface area (Å²) < 4.78 is 7.24. The number of hydrogen-bond acceptors (Lipinski definition) is 5. The number of nitrogens with zero attached hydrogens (tertiary/aromatic N) is 3. The molecule has 0 saturated heterocycles.